The van der Waals surface area contributed by atoms with Crippen LogP contribution in [0.1, 0.15) is 16.8 Å². The molecule has 0 aliphatic carbocycles. The monoisotopic (exact) mass is 334 g/mol. The Morgan fingerprint density at radius 3 is 2.90 bits per heavy atom. The van der Waals surface area contributed by atoms with Gasteiger partial charge in [-0.3, -0.25) is 4.98 Å². The van der Waals surface area contributed by atoms with Gasteiger partial charge >= 0.3 is 0 Å². The zero-order valence-electron chi connectivity index (χ0n) is 11.0. The van der Waals surface area contributed by atoms with Gasteiger partial charge in [-0.25, -0.2) is 0 Å². The average molecular weight is 335 g/mol. The van der Waals surface area contributed by atoms with E-state index in [9.17, 15) is 0 Å². The highest BCUT2D eigenvalue weighted by Gasteiger charge is 2.03. The summed E-state index contributed by atoms with van der Waals surface area (Å²) in [6, 6.07) is 9.77. The van der Waals surface area contributed by atoms with Gasteiger partial charge in [-0.2, -0.15) is 0 Å². The molecule has 6 heteroatoms. The van der Waals surface area contributed by atoms with Gasteiger partial charge in [-0.15, -0.1) is 0 Å². The lowest BCUT2D eigenvalue weighted by molar-refractivity contribution is 0.318. The van der Waals surface area contributed by atoms with Crippen molar-refractivity contribution >= 4 is 27.5 Å². The molecular weight excluding hydrogens is 320 g/mol. The topological polar surface area (TPSA) is 83.5 Å². The molecule has 0 aliphatic heterocycles. The Morgan fingerprint density at radius 2 is 2.20 bits per heavy atom. The van der Waals surface area contributed by atoms with Gasteiger partial charge in [0.15, 0.2) is 5.84 Å². The number of nitrogens with one attached hydrogen (secondary N) is 1. The summed E-state index contributed by atoms with van der Waals surface area (Å²) in [6.45, 7) is 2.66. The van der Waals surface area contributed by atoms with Crippen LogP contribution in [0, 0.1) is 6.92 Å². The Labute approximate surface area is 125 Å². The second kappa shape index (κ2) is 6.38. The maximum atomic E-state index is 8.65. The molecule has 2 rings (SSSR count). The van der Waals surface area contributed by atoms with Crippen molar-refractivity contribution in [2.75, 3.05) is 5.32 Å². The highest BCUT2D eigenvalue weighted by atomic mass is 79.9. The van der Waals surface area contributed by atoms with E-state index in [1.165, 1.54) is 5.56 Å². The van der Waals surface area contributed by atoms with Crippen LogP contribution in [0.15, 0.2) is 46.2 Å². The minimum atomic E-state index is 0.00312. The molecule has 4 N–H and O–H groups in total. The average Bonchev–Trinajstić information content (AvgIpc) is 2.46. The van der Waals surface area contributed by atoms with Gasteiger partial charge < -0.3 is 16.3 Å². The molecule has 0 saturated carbocycles. The molecule has 0 unspecified atom stereocenters. The van der Waals surface area contributed by atoms with Crippen LogP contribution in [0.2, 0.25) is 0 Å². The first-order valence-corrected chi connectivity index (χ1v) is 6.82. The van der Waals surface area contributed by atoms with Crippen molar-refractivity contribution in [3.8, 4) is 0 Å². The minimum Gasteiger partial charge on any atom is -0.409 e. The summed E-state index contributed by atoms with van der Waals surface area (Å²) in [4.78, 5) is 4.04. The van der Waals surface area contributed by atoms with E-state index in [-0.39, 0.29) is 5.84 Å². The SMILES string of the molecule is Cc1ccc(NCc2ccnc(C(N)=NO)c2)c(Br)c1. The molecule has 0 atom stereocenters. The molecule has 5 nitrogen and oxygen atoms in total. The van der Waals surface area contributed by atoms with E-state index in [1.54, 1.807) is 12.3 Å². The van der Waals surface area contributed by atoms with E-state index in [0.717, 1.165) is 15.7 Å². The molecule has 1 aromatic heterocycles. The first kappa shape index (κ1) is 14.3. The molecule has 1 aromatic carbocycles. The lowest BCUT2D eigenvalue weighted by Gasteiger charge is -2.10. The van der Waals surface area contributed by atoms with Crippen LogP contribution in [0.25, 0.3) is 0 Å². The predicted octanol–water partition coefficient (Wildman–Crippen LogP) is 2.86. The van der Waals surface area contributed by atoms with Gasteiger partial charge in [-0.05, 0) is 58.2 Å². The summed E-state index contributed by atoms with van der Waals surface area (Å²) in [7, 11) is 0. The van der Waals surface area contributed by atoms with Crippen molar-refractivity contribution in [2.24, 2.45) is 10.9 Å². The van der Waals surface area contributed by atoms with Crippen LogP contribution < -0.4 is 11.1 Å². The third-order valence-electron chi connectivity index (χ3n) is 2.80. The number of oxime groups is 1. The Morgan fingerprint density at radius 1 is 1.40 bits per heavy atom. The molecule has 0 aliphatic rings. The number of rotatable bonds is 4. The van der Waals surface area contributed by atoms with Gasteiger partial charge in [-0.1, -0.05) is 11.2 Å². The zero-order valence-corrected chi connectivity index (χ0v) is 12.6. The zero-order chi connectivity index (χ0) is 14.5. The van der Waals surface area contributed by atoms with Gasteiger partial charge in [0.2, 0.25) is 0 Å². The fourth-order valence-corrected chi connectivity index (χ4v) is 2.37. The number of nitrogens with two attached hydrogens (primary N) is 1. The lowest BCUT2D eigenvalue weighted by atomic mass is 10.2. The second-order valence-electron chi connectivity index (χ2n) is 4.37. The number of hydrogen-bond acceptors (Lipinski definition) is 4. The summed E-state index contributed by atoms with van der Waals surface area (Å²) in [5, 5.41) is 14.9. The molecular formula is C14H15BrN4O. The first-order valence-electron chi connectivity index (χ1n) is 6.03. The quantitative estimate of drug-likeness (QED) is 0.347. The molecule has 0 saturated heterocycles. The summed E-state index contributed by atoms with van der Waals surface area (Å²) < 4.78 is 1.02. The lowest BCUT2D eigenvalue weighted by Crippen LogP contribution is -2.15. The number of halogens is 1. The van der Waals surface area contributed by atoms with Crippen LogP contribution in [-0.2, 0) is 6.54 Å². The van der Waals surface area contributed by atoms with E-state index < -0.39 is 0 Å². The predicted molar refractivity (Wildman–Crippen MR) is 83.0 cm³/mol. The van der Waals surface area contributed by atoms with Crippen LogP contribution >= 0.6 is 15.9 Å². The van der Waals surface area contributed by atoms with Crippen molar-refractivity contribution < 1.29 is 5.21 Å². The molecule has 1 heterocycles. The van der Waals surface area contributed by atoms with E-state index in [0.29, 0.717) is 12.2 Å². The second-order valence-corrected chi connectivity index (χ2v) is 5.23. The van der Waals surface area contributed by atoms with Crippen molar-refractivity contribution in [2.45, 2.75) is 13.5 Å². The number of nitrogens with zero attached hydrogens (tertiary/aromatic N) is 2. The highest BCUT2D eigenvalue weighted by molar-refractivity contribution is 9.10. The number of amidine groups is 1. The van der Waals surface area contributed by atoms with Crippen molar-refractivity contribution in [3.05, 3.63) is 57.8 Å². The van der Waals surface area contributed by atoms with Crippen molar-refractivity contribution in [1.82, 2.24) is 4.98 Å². The van der Waals surface area contributed by atoms with Crippen LogP contribution in [0.3, 0.4) is 0 Å². The van der Waals surface area contributed by atoms with Crippen molar-refractivity contribution in [3.63, 3.8) is 0 Å². The summed E-state index contributed by atoms with van der Waals surface area (Å²) >= 11 is 3.52. The van der Waals surface area contributed by atoms with E-state index in [1.807, 2.05) is 25.1 Å². The smallest absolute Gasteiger partial charge is 0.188 e. The number of benzene rings is 1. The van der Waals surface area contributed by atoms with Crippen LogP contribution in [-0.4, -0.2) is 16.0 Å². The van der Waals surface area contributed by atoms with E-state index in [4.69, 9.17) is 10.9 Å². The van der Waals surface area contributed by atoms with Crippen LogP contribution in [0.5, 0.6) is 0 Å². The number of aryl methyl sites for hydroxylation is 1. The number of anilines is 1. The normalized spacial score (nSPS) is 11.4. The Hall–Kier alpha value is -2.08. The fourth-order valence-electron chi connectivity index (χ4n) is 1.74. The molecule has 2 aromatic rings. The summed E-state index contributed by atoms with van der Waals surface area (Å²) in [5.74, 6) is 0.00312. The Balaban J connectivity index is 2.11. The molecule has 0 amide bonds. The maximum Gasteiger partial charge on any atom is 0.188 e. The van der Waals surface area contributed by atoms with Crippen LogP contribution in [0.4, 0.5) is 5.69 Å². The fraction of sp³-hybridized carbons (Fsp3) is 0.143. The largest absolute Gasteiger partial charge is 0.409 e. The minimum absolute atomic E-state index is 0.00312. The number of hydrogen-bond donors (Lipinski definition) is 3. The Bertz CT molecular complexity index is 643. The summed E-state index contributed by atoms with van der Waals surface area (Å²) in [6.07, 6.45) is 1.63. The highest BCUT2D eigenvalue weighted by Crippen LogP contribution is 2.23. The third kappa shape index (κ3) is 3.48. The van der Waals surface area contributed by atoms with E-state index >= 15 is 0 Å². The molecule has 0 fully saturated rings. The van der Waals surface area contributed by atoms with E-state index in [2.05, 4.69) is 37.5 Å². The van der Waals surface area contributed by atoms with Gasteiger partial charge in [0.05, 0.1) is 0 Å². The van der Waals surface area contributed by atoms with Gasteiger partial charge in [0, 0.05) is 22.9 Å². The standard InChI is InChI=1S/C14H15BrN4O/c1-9-2-3-12(11(15)6-9)18-8-10-4-5-17-13(7-10)14(16)19-20/h2-7,18,20H,8H2,1H3,(H2,16,19). The van der Waals surface area contributed by atoms with Gasteiger partial charge in [0.25, 0.3) is 0 Å². The molecule has 104 valence electrons. The number of pyridine rings is 1. The Kier molecular flexibility index (Phi) is 4.57. The summed E-state index contributed by atoms with van der Waals surface area (Å²) in [5.41, 5.74) is 9.18. The molecule has 0 radical (unpaired) electrons. The molecule has 0 spiro atoms. The first-order chi connectivity index (χ1) is 9.60. The third-order valence-corrected chi connectivity index (χ3v) is 3.46. The molecule has 0 bridgehead atoms. The van der Waals surface area contributed by atoms with Gasteiger partial charge in [0.1, 0.15) is 5.69 Å². The number of aromatic nitrogens is 1. The van der Waals surface area contributed by atoms with Crippen molar-refractivity contribution in [1.29, 1.82) is 0 Å². The molecule has 20 heavy (non-hydrogen) atoms. The maximum absolute atomic E-state index is 8.65.